The second kappa shape index (κ2) is 6.60. The fraction of sp³-hybridized carbons (Fsp3) is 0.556. The van der Waals surface area contributed by atoms with Crippen LogP contribution in [0.15, 0.2) is 18.2 Å². The van der Waals surface area contributed by atoms with Crippen LogP contribution in [0.25, 0.3) is 0 Å². The Hall–Kier alpha value is -2.04. The van der Waals surface area contributed by atoms with Gasteiger partial charge in [-0.25, -0.2) is 9.59 Å². The van der Waals surface area contributed by atoms with Gasteiger partial charge >= 0.3 is 12.1 Å². The van der Waals surface area contributed by atoms with Crippen molar-refractivity contribution in [2.24, 2.45) is 0 Å². The maximum Gasteiger partial charge on any atom is 0.410 e. The number of aryl methyl sites for hydroxylation is 1. The van der Waals surface area contributed by atoms with Gasteiger partial charge in [0.25, 0.3) is 0 Å². The molecule has 0 aliphatic carbocycles. The van der Waals surface area contributed by atoms with E-state index in [1.807, 2.05) is 39.8 Å². The Balaban J connectivity index is 1.98. The van der Waals surface area contributed by atoms with E-state index in [-0.39, 0.29) is 6.09 Å². The molecule has 0 unspecified atom stereocenters. The van der Waals surface area contributed by atoms with Gasteiger partial charge in [-0.2, -0.15) is 0 Å². The van der Waals surface area contributed by atoms with Crippen molar-refractivity contribution in [1.82, 2.24) is 4.90 Å². The number of likely N-dealkylation sites (tertiary alicyclic amines) is 1. The zero-order valence-corrected chi connectivity index (χ0v) is 14.3. The highest BCUT2D eigenvalue weighted by Gasteiger charge is 2.27. The highest BCUT2D eigenvalue weighted by Crippen LogP contribution is 2.30. The summed E-state index contributed by atoms with van der Waals surface area (Å²) in [4.78, 5) is 24.9. The molecule has 1 amide bonds. The van der Waals surface area contributed by atoms with Gasteiger partial charge in [0.2, 0.25) is 0 Å². The molecule has 0 atom stereocenters. The van der Waals surface area contributed by atoms with Crippen molar-refractivity contribution in [1.29, 1.82) is 0 Å². The maximum atomic E-state index is 12.1. The first-order valence-electron chi connectivity index (χ1n) is 7.99. The van der Waals surface area contributed by atoms with Gasteiger partial charge in [-0.05, 0) is 63.6 Å². The van der Waals surface area contributed by atoms with Crippen LogP contribution in [-0.2, 0) is 4.74 Å². The molecule has 1 heterocycles. The lowest BCUT2D eigenvalue weighted by Crippen LogP contribution is -2.41. The molecule has 0 spiro atoms. The number of carboxylic acids is 1. The average Bonchev–Trinajstić information content (AvgIpc) is 2.45. The molecule has 1 aromatic rings. The summed E-state index contributed by atoms with van der Waals surface area (Å²) >= 11 is 0. The van der Waals surface area contributed by atoms with Crippen molar-refractivity contribution >= 4 is 12.1 Å². The number of carbonyl (C=O) groups is 2. The normalized spacial score (nSPS) is 16.3. The number of benzene rings is 1. The van der Waals surface area contributed by atoms with Crippen LogP contribution in [0.4, 0.5) is 4.79 Å². The maximum absolute atomic E-state index is 12.1. The quantitative estimate of drug-likeness (QED) is 0.900. The molecule has 0 bridgehead atoms. The lowest BCUT2D eigenvalue weighted by molar-refractivity contribution is 0.0204. The van der Waals surface area contributed by atoms with Gasteiger partial charge in [-0.3, -0.25) is 0 Å². The van der Waals surface area contributed by atoms with Gasteiger partial charge in [0.05, 0.1) is 5.56 Å². The minimum absolute atomic E-state index is 0.256. The van der Waals surface area contributed by atoms with Crippen LogP contribution in [0.2, 0.25) is 0 Å². The Bertz CT molecular complexity index is 596. The summed E-state index contributed by atoms with van der Waals surface area (Å²) in [5, 5.41) is 9.10. The molecular formula is C18H25NO4. The molecule has 1 aliphatic heterocycles. The van der Waals surface area contributed by atoms with Gasteiger partial charge in [0, 0.05) is 13.1 Å². The number of ether oxygens (including phenoxy) is 1. The Morgan fingerprint density at radius 2 is 1.83 bits per heavy atom. The number of nitrogens with zero attached hydrogens (tertiary/aromatic N) is 1. The second-order valence-electron chi connectivity index (χ2n) is 7.12. The Labute approximate surface area is 137 Å². The number of aromatic carboxylic acids is 1. The van der Waals surface area contributed by atoms with Crippen LogP contribution >= 0.6 is 0 Å². The highest BCUT2D eigenvalue weighted by atomic mass is 16.6. The molecule has 1 saturated heterocycles. The molecule has 126 valence electrons. The fourth-order valence-electron chi connectivity index (χ4n) is 2.90. The number of piperidine rings is 1. The van der Waals surface area contributed by atoms with Crippen LogP contribution in [0.1, 0.15) is 61.0 Å². The molecule has 0 aromatic heterocycles. The number of hydrogen-bond donors (Lipinski definition) is 1. The molecule has 1 aliphatic rings. The van der Waals surface area contributed by atoms with E-state index < -0.39 is 11.6 Å². The lowest BCUT2D eigenvalue weighted by atomic mass is 9.88. The van der Waals surface area contributed by atoms with Crippen LogP contribution in [0, 0.1) is 6.92 Å². The number of carbonyl (C=O) groups excluding carboxylic acids is 1. The largest absolute Gasteiger partial charge is 0.478 e. The number of amides is 1. The van der Waals surface area contributed by atoms with Crippen molar-refractivity contribution in [2.75, 3.05) is 13.1 Å². The minimum Gasteiger partial charge on any atom is -0.478 e. The summed E-state index contributed by atoms with van der Waals surface area (Å²) < 4.78 is 5.40. The monoisotopic (exact) mass is 319 g/mol. The molecule has 23 heavy (non-hydrogen) atoms. The summed E-state index contributed by atoms with van der Waals surface area (Å²) in [6, 6.07) is 5.52. The third-order valence-corrected chi connectivity index (χ3v) is 4.10. The molecule has 5 heteroatoms. The summed E-state index contributed by atoms with van der Waals surface area (Å²) in [6.07, 6.45) is 1.48. The van der Waals surface area contributed by atoms with E-state index in [4.69, 9.17) is 9.84 Å². The van der Waals surface area contributed by atoms with E-state index in [0.29, 0.717) is 24.6 Å². The molecular weight excluding hydrogens is 294 g/mol. The zero-order valence-electron chi connectivity index (χ0n) is 14.3. The van der Waals surface area contributed by atoms with Gasteiger partial charge in [-0.1, -0.05) is 12.1 Å². The zero-order chi connectivity index (χ0) is 17.2. The number of rotatable bonds is 2. The smallest absolute Gasteiger partial charge is 0.410 e. The number of hydrogen-bond acceptors (Lipinski definition) is 3. The van der Waals surface area contributed by atoms with Crippen LogP contribution in [0.5, 0.6) is 0 Å². The summed E-state index contributed by atoms with van der Waals surface area (Å²) in [5.74, 6) is -0.538. The third-order valence-electron chi connectivity index (χ3n) is 4.10. The van der Waals surface area contributed by atoms with Crippen LogP contribution in [-0.4, -0.2) is 40.8 Å². The Kier molecular flexibility index (Phi) is 4.97. The van der Waals surface area contributed by atoms with E-state index >= 15 is 0 Å². The predicted octanol–water partition coefficient (Wildman–Crippen LogP) is 3.81. The van der Waals surface area contributed by atoms with Crippen molar-refractivity contribution in [3.05, 3.63) is 34.9 Å². The first kappa shape index (κ1) is 17.3. The van der Waals surface area contributed by atoms with Gasteiger partial charge in [-0.15, -0.1) is 0 Å². The van der Waals surface area contributed by atoms with Crippen molar-refractivity contribution in [3.8, 4) is 0 Å². The molecule has 1 fully saturated rings. The Morgan fingerprint density at radius 3 is 2.30 bits per heavy atom. The third kappa shape index (κ3) is 4.47. The van der Waals surface area contributed by atoms with E-state index in [2.05, 4.69) is 0 Å². The van der Waals surface area contributed by atoms with Crippen LogP contribution < -0.4 is 0 Å². The van der Waals surface area contributed by atoms with Gasteiger partial charge in [0.1, 0.15) is 5.60 Å². The summed E-state index contributed by atoms with van der Waals surface area (Å²) in [5.41, 5.74) is 1.80. The van der Waals surface area contributed by atoms with Crippen molar-refractivity contribution in [2.45, 2.75) is 52.1 Å². The molecule has 1 N–H and O–H groups in total. The Morgan fingerprint density at radius 1 is 1.22 bits per heavy atom. The van der Waals surface area contributed by atoms with Gasteiger partial charge in [0.15, 0.2) is 0 Å². The number of carboxylic acid groups (broad SMARTS) is 1. The van der Waals surface area contributed by atoms with E-state index in [1.54, 1.807) is 11.0 Å². The SMILES string of the molecule is Cc1cc(C2CCN(C(=O)OC(C)(C)C)CC2)ccc1C(=O)O. The first-order chi connectivity index (χ1) is 10.7. The standard InChI is InChI=1S/C18H25NO4/c1-12-11-14(5-6-15(12)16(20)21)13-7-9-19(10-8-13)17(22)23-18(2,3)4/h5-6,11,13H,7-10H2,1-4H3,(H,20,21). The predicted molar refractivity (Wildman–Crippen MR) is 87.9 cm³/mol. The molecule has 5 nitrogen and oxygen atoms in total. The van der Waals surface area contributed by atoms with Crippen molar-refractivity contribution < 1.29 is 19.4 Å². The minimum atomic E-state index is -0.895. The van der Waals surface area contributed by atoms with E-state index in [0.717, 1.165) is 24.0 Å². The molecule has 0 saturated carbocycles. The fourth-order valence-corrected chi connectivity index (χ4v) is 2.90. The lowest BCUT2D eigenvalue weighted by Gasteiger charge is -2.33. The van der Waals surface area contributed by atoms with Crippen LogP contribution in [0.3, 0.4) is 0 Å². The van der Waals surface area contributed by atoms with Gasteiger partial charge < -0.3 is 14.7 Å². The first-order valence-corrected chi connectivity index (χ1v) is 7.99. The topological polar surface area (TPSA) is 66.8 Å². The molecule has 1 aromatic carbocycles. The average molecular weight is 319 g/mol. The molecule has 0 radical (unpaired) electrons. The summed E-state index contributed by atoms with van der Waals surface area (Å²) in [6.45, 7) is 8.75. The van der Waals surface area contributed by atoms with E-state index in [9.17, 15) is 9.59 Å². The second-order valence-corrected chi connectivity index (χ2v) is 7.12. The van der Waals surface area contributed by atoms with Crippen molar-refractivity contribution in [3.63, 3.8) is 0 Å². The van der Waals surface area contributed by atoms with E-state index in [1.165, 1.54) is 0 Å². The highest BCUT2D eigenvalue weighted by molar-refractivity contribution is 5.89. The molecule has 2 rings (SSSR count). The summed E-state index contributed by atoms with van der Waals surface area (Å²) in [7, 11) is 0.